The number of aryl methyl sites for hydroxylation is 1. The molecule has 0 bridgehead atoms. The van der Waals surface area contributed by atoms with Gasteiger partial charge in [-0.05, 0) is 31.0 Å². The fourth-order valence-electron chi connectivity index (χ4n) is 2.91. The summed E-state index contributed by atoms with van der Waals surface area (Å²) in [5.74, 6) is -0.304. The lowest BCUT2D eigenvalue weighted by Gasteiger charge is -2.26. The smallest absolute Gasteiger partial charge is 0.339 e. The molecule has 0 spiro atoms. The Bertz CT molecular complexity index is 871. The number of amides is 2. The number of nitrogens with zero attached hydrogens (tertiary/aromatic N) is 1. The minimum absolute atomic E-state index is 0.0244. The molecule has 1 aliphatic rings. The Morgan fingerprint density at radius 1 is 1.38 bits per heavy atom. The number of carbonyl (C=O) groups excluding carboxylic acids is 2. The summed E-state index contributed by atoms with van der Waals surface area (Å²) in [6.07, 6.45) is 0.393. The number of carbonyl (C=O) groups is 2. The van der Waals surface area contributed by atoms with Gasteiger partial charge in [0.05, 0.1) is 6.54 Å². The van der Waals surface area contributed by atoms with Gasteiger partial charge in [-0.3, -0.25) is 9.59 Å². The van der Waals surface area contributed by atoms with Crippen molar-refractivity contribution in [2.75, 3.05) is 19.6 Å². The molecule has 0 unspecified atom stereocenters. The Balaban J connectivity index is 1.80. The van der Waals surface area contributed by atoms with Gasteiger partial charge in [-0.15, -0.1) is 0 Å². The monoisotopic (exact) mass is 330 g/mol. The molecule has 3 rings (SSSR count). The van der Waals surface area contributed by atoms with Crippen LogP contribution in [0.2, 0.25) is 0 Å². The SMILES string of the molecule is Cc1c(CCC(=O)N2CCNC(=O)C2)c(=O)oc2cc(O)ccc12. The van der Waals surface area contributed by atoms with Crippen LogP contribution in [0.5, 0.6) is 5.75 Å². The van der Waals surface area contributed by atoms with E-state index in [-0.39, 0.29) is 37.0 Å². The van der Waals surface area contributed by atoms with Crippen LogP contribution in [0, 0.1) is 6.92 Å². The second-order valence-corrected chi connectivity index (χ2v) is 5.84. The number of piperazine rings is 1. The lowest BCUT2D eigenvalue weighted by Crippen LogP contribution is -2.50. The number of aromatic hydroxyl groups is 1. The number of nitrogens with one attached hydrogen (secondary N) is 1. The standard InChI is InChI=1S/C17H18N2O5/c1-10-12-3-2-11(20)8-14(12)24-17(23)13(10)4-5-16(22)19-7-6-18-15(21)9-19/h2-3,8,20H,4-7,9H2,1H3,(H,18,21). The Morgan fingerprint density at radius 3 is 2.92 bits per heavy atom. The lowest BCUT2D eigenvalue weighted by atomic mass is 10.0. The van der Waals surface area contributed by atoms with Crippen molar-refractivity contribution in [3.8, 4) is 5.75 Å². The van der Waals surface area contributed by atoms with E-state index in [2.05, 4.69) is 5.32 Å². The number of phenols is 1. The summed E-state index contributed by atoms with van der Waals surface area (Å²) in [4.78, 5) is 37.2. The van der Waals surface area contributed by atoms with Crippen LogP contribution in [0.1, 0.15) is 17.5 Å². The van der Waals surface area contributed by atoms with Gasteiger partial charge in [0, 0.05) is 36.5 Å². The van der Waals surface area contributed by atoms with Gasteiger partial charge >= 0.3 is 5.63 Å². The molecule has 7 nitrogen and oxygen atoms in total. The van der Waals surface area contributed by atoms with E-state index in [1.54, 1.807) is 13.0 Å². The molecule has 24 heavy (non-hydrogen) atoms. The van der Waals surface area contributed by atoms with Gasteiger partial charge in [0.1, 0.15) is 11.3 Å². The van der Waals surface area contributed by atoms with Crippen molar-refractivity contribution in [1.29, 1.82) is 0 Å². The van der Waals surface area contributed by atoms with Crippen molar-refractivity contribution in [3.63, 3.8) is 0 Å². The molecule has 2 N–H and O–H groups in total. The number of rotatable bonds is 3. The van der Waals surface area contributed by atoms with Crippen LogP contribution in [0.25, 0.3) is 11.0 Å². The zero-order chi connectivity index (χ0) is 17.3. The van der Waals surface area contributed by atoms with E-state index < -0.39 is 5.63 Å². The Hall–Kier alpha value is -2.83. The Morgan fingerprint density at radius 2 is 2.17 bits per heavy atom. The largest absolute Gasteiger partial charge is 0.508 e. The van der Waals surface area contributed by atoms with Crippen molar-refractivity contribution < 1.29 is 19.1 Å². The van der Waals surface area contributed by atoms with Gasteiger partial charge in [-0.25, -0.2) is 4.79 Å². The molecule has 1 fully saturated rings. The average molecular weight is 330 g/mol. The first-order valence-electron chi connectivity index (χ1n) is 7.75. The van der Waals surface area contributed by atoms with Crippen molar-refractivity contribution in [1.82, 2.24) is 10.2 Å². The highest BCUT2D eigenvalue weighted by molar-refractivity contribution is 5.86. The molecule has 1 aromatic carbocycles. The van der Waals surface area contributed by atoms with Crippen LogP contribution in [-0.4, -0.2) is 41.5 Å². The van der Waals surface area contributed by atoms with Crippen LogP contribution < -0.4 is 10.9 Å². The molecular formula is C17H18N2O5. The summed E-state index contributed by atoms with van der Waals surface area (Å²) in [5.41, 5.74) is 1.00. The molecule has 1 saturated heterocycles. The van der Waals surface area contributed by atoms with E-state index in [4.69, 9.17) is 4.42 Å². The second kappa shape index (κ2) is 6.35. The molecule has 126 valence electrons. The molecule has 0 atom stereocenters. The molecule has 0 radical (unpaired) electrons. The van der Waals surface area contributed by atoms with Crippen LogP contribution in [0.4, 0.5) is 0 Å². The fraction of sp³-hybridized carbons (Fsp3) is 0.353. The van der Waals surface area contributed by atoms with Crippen molar-refractivity contribution >= 4 is 22.8 Å². The first kappa shape index (κ1) is 16.0. The molecule has 2 amide bonds. The third-order valence-corrected chi connectivity index (χ3v) is 4.25. The zero-order valence-corrected chi connectivity index (χ0v) is 13.3. The van der Waals surface area contributed by atoms with Crippen LogP contribution in [0.3, 0.4) is 0 Å². The summed E-state index contributed by atoms with van der Waals surface area (Å²) in [5, 5.41) is 12.9. The van der Waals surface area contributed by atoms with E-state index in [9.17, 15) is 19.5 Å². The van der Waals surface area contributed by atoms with E-state index >= 15 is 0 Å². The maximum atomic E-state index is 12.2. The van der Waals surface area contributed by atoms with Crippen LogP contribution in [-0.2, 0) is 16.0 Å². The second-order valence-electron chi connectivity index (χ2n) is 5.84. The predicted molar refractivity (Wildman–Crippen MR) is 86.8 cm³/mol. The number of fused-ring (bicyclic) bond motifs is 1. The number of benzene rings is 1. The van der Waals surface area contributed by atoms with Gasteiger partial charge in [-0.2, -0.15) is 0 Å². The highest BCUT2D eigenvalue weighted by atomic mass is 16.4. The molecule has 1 aliphatic heterocycles. The number of hydrogen-bond acceptors (Lipinski definition) is 5. The van der Waals surface area contributed by atoms with Gasteiger partial charge in [0.15, 0.2) is 0 Å². The van der Waals surface area contributed by atoms with Crippen LogP contribution in [0.15, 0.2) is 27.4 Å². The summed E-state index contributed by atoms with van der Waals surface area (Å²) in [6.45, 7) is 2.79. The molecule has 0 aliphatic carbocycles. The molecule has 2 aromatic rings. The summed E-state index contributed by atoms with van der Waals surface area (Å²) in [6, 6.07) is 4.60. The van der Waals surface area contributed by atoms with Gasteiger partial charge < -0.3 is 19.7 Å². The normalized spacial score (nSPS) is 14.7. The molecule has 0 saturated carbocycles. The van der Waals surface area contributed by atoms with Crippen molar-refractivity contribution in [2.24, 2.45) is 0 Å². The Kier molecular flexibility index (Phi) is 4.24. The lowest BCUT2D eigenvalue weighted by molar-refractivity contribution is -0.138. The highest BCUT2D eigenvalue weighted by Crippen LogP contribution is 2.23. The zero-order valence-electron chi connectivity index (χ0n) is 13.3. The molecule has 7 heteroatoms. The maximum absolute atomic E-state index is 12.2. The van der Waals surface area contributed by atoms with E-state index in [0.29, 0.717) is 24.2 Å². The summed E-state index contributed by atoms with van der Waals surface area (Å²) >= 11 is 0. The van der Waals surface area contributed by atoms with Crippen molar-refractivity contribution in [2.45, 2.75) is 19.8 Å². The predicted octanol–water partition coefficient (Wildman–Crippen LogP) is 0.698. The number of hydrogen-bond donors (Lipinski definition) is 2. The Labute approximate surface area is 137 Å². The number of phenolic OH excluding ortho intramolecular Hbond substituents is 1. The quantitative estimate of drug-likeness (QED) is 0.807. The topological polar surface area (TPSA) is 99.9 Å². The van der Waals surface area contributed by atoms with E-state index in [1.807, 2.05) is 0 Å². The molecule has 1 aromatic heterocycles. The highest BCUT2D eigenvalue weighted by Gasteiger charge is 2.21. The van der Waals surface area contributed by atoms with E-state index in [0.717, 1.165) is 10.9 Å². The van der Waals surface area contributed by atoms with E-state index in [1.165, 1.54) is 17.0 Å². The van der Waals surface area contributed by atoms with Crippen molar-refractivity contribution in [3.05, 3.63) is 39.7 Å². The van der Waals surface area contributed by atoms with Crippen LogP contribution >= 0.6 is 0 Å². The van der Waals surface area contributed by atoms with Gasteiger partial charge in [-0.1, -0.05) is 0 Å². The minimum Gasteiger partial charge on any atom is -0.508 e. The van der Waals surface area contributed by atoms with Gasteiger partial charge in [0.2, 0.25) is 11.8 Å². The fourth-order valence-corrected chi connectivity index (χ4v) is 2.91. The molecular weight excluding hydrogens is 312 g/mol. The first-order valence-corrected chi connectivity index (χ1v) is 7.75. The minimum atomic E-state index is -0.505. The third-order valence-electron chi connectivity index (χ3n) is 4.25. The van der Waals surface area contributed by atoms with Gasteiger partial charge in [0.25, 0.3) is 0 Å². The maximum Gasteiger partial charge on any atom is 0.339 e. The molecule has 2 heterocycles. The third kappa shape index (κ3) is 3.10. The average Bonchev–Trinajstić information content (AvgIpc) is 2.54. The first-order chi connectivity index (χ1) is 11.5. The summed E-state index contributed by atoms with van der Waals surface area (Å²) in [7, 11) is 0. The summed E-state index contributed by atoms with van der Waals surface area (Å²) < 4.78 is 5.24.